The van der Waals surface area contributed by atoms with Crippen molar-refractivity contribution in [2.75, 3.05) is 32.0 Å². The highest BCUT2D eigenvalue weighted by Crippen LogP contribution is 2.31. The number of anilines is 1. The van der Waals surface area contributed by atoms with E-state index in [1.165, 1.54) is 11.3 Å². The molecule has 2 saturated heterocycles. The number of nitrogens with one attached hydrogen (secondary N) is 1. The number of nitrogens with zero attached hydrogens (tertiary/aromatic N) is 2. The predicted molar refractivity (Wildman–Crippen MR) is 96.4 cm³/mol. The number of rotatable bonds is 4. The molecule has 0 spiro atoms. The monoisotopic (exact) mass is 366 g/mol. The van der Waals surface area contributed by atoms with Gasteiger partial charge in [0.15, 0.2) is 5.13 Å². The van der Waals surface area contributed by atoms with E-state index in [4.69, 9.17) is 10.5 Å². The highest BCUT2D eigenvalue weighted by molar-refractivity contribution is 7.13. The van der Waals surface area contributed by atoms with Gasteiger partial charge >= 0.3 is 0 Å². The van der Waals surface area contributed by atoms with Crippen LogP contribution in [0.4, 0.5) is 5.13 Å². The van der Waals surface area contributed by atoms with Crippen LogP contribution >= 0.6 is 11.3 Å². The average Bonchev–Trinajstić information content (AvgIpc) is 3.07. The van der Waals surface area contributed by atoms with E-state index in [0.29, 0.717) is 37.1 Å². The van der Waals surface area contributed by atoms with Crippen molar-refractivity contribution in [3.05, 3.63) is 11.1 Å². The van der Waals surface area contributed by atoms with Gasteiger partial charge in [-0.05, 0) is 37.5 Å². The molecule has 1 unspecified atom stereocenters. The third-order valence-electron chi connectivity index (χ3n) is 5.17. The second kappa shape index (κ2) is 7.70. The first kappa shape index (κ1) is 18.1. The molecule has 8 heteroatoms. The van der Waals surface area contributed by atoms with Gasteiger partial charge in [-0.2, -0.15) is 0 Å². The summed E-state index contributed by atoms with van der Waals surface area (Å²) in [7, 11) is 0. The first-order valence-corrected chi connectivity index (χ1v) is 9.74. The summed E-state index contributed by atoms with van der Waals surface area (Å²) in [5.41, 5.74) is 5.92. The molecule has 3 heterocycles. The Morgan fingerprint density at radius 1 is 1.44 bits per heavy atom. The van der Waals surface area contributed by atoms with Gasteiger partial charge in [0.25, 0.3) is 11.8 Å². The van der Waals surface area contributed by atoms with Crippen molar-refractivity contribution in [2.45, 2.75) is 45.1 Å². The quantitative estimate of drug-likeness (QED) is 0.844. The second-order valence-corrected chi connectivity index (χ2v) is 8.13. The molecule has 2 amide bonds. The van der Waals surface area contributed by atoms with Crippen molar-refractivity contribution in [1.29, 1.82) is 0 Å². The van der Waals surface area contributed by atoms with Crippen LogP contribution in [0.1, 0.15) is 49.5 Å². The summed E-state index contributed by atoms with van der Waals surface area (Å²) in [6.45, 7) is 4.85. The van der Waals surface area contributed by atoms with Gasteiger partial charge in [-0.1, -0.05) is 6.92 Å². The van der Waals surface area contributed by atoms with Crippen LogP contribution in [0.2, 0.25) is 0 Å². The number of ether oxygens (including phenoxy) is 1. The molecule has 3 N–H and O–H groups in total. The van der Waals surface area contributed by atoms with Crippen molar-refractivity contribution in [1.82, 2.24) is 15.2 Å². The lowest BCUT2D eigenvalue weighted by Crippen LogP contribution is -2.50. The van der Waals surface area contributed by atoms with Gasteiger partial charge in [0.05, 0.1) is 0 Å². The summed E-state index contributed by atoms with van der Waals surface area (Å²) < 4.78 is 5.61. The van der Waals surface area contributed by atoms with Crippen LogP contribution in [0.15, 0.2) is 5.38 Å². The Labute approximate surface area is 151 Å². The molecule has 1 aromatic heterocycles. The van der Waals surface area contributed by atoms with Crippen LogP contribution in [0, 0.1) is 5.41 Å². The van der Waals surface area contributed by atoms with Gasteiger partial charge in [0.2, 0.25) is 0 Å². The van der Waals surface area contributed by atoms with E-state index < -0.39 is 0 Å². The Bertz CT molecular complexity index is 619. The highest BCUT2D eigenvalue weighted by Gasteiger charge is 2.35. The molecule has 1 atom stereocenters. The fourth-order valence-electron chi connectivity index (χ4n) is 3.36. The molecule has 1 aromatic rings. The summed E-state index contributed by atoms with van der Waals surface area (Å²) in [4.78, 5) is 30.6. The van der Waals surface area contributed by atoms with E-state index in [1.54, 1.807) is 5.38 Å². The zero-order valence-electron chi connectivity index (χ0n) is 14.6. The van der Waals surface area contributed by atoms with Crippen LogP contribution in [0.3, 0.4) is 0 Å². The van der Waals surface area contributed by atoms with Crippen molar-refractivity contribution in [2.24, 2.45) is 5.41 Å². The number of amides is 2. The molecule has 25 heavy (non-hydrogen) atoms. The smallest absolute Gasteiger partial charge is 0.270 e. The minimum Gasteiger partial charge on any atom is -0.375 e. The van der Waals surface area contributed by atoms with Crippen LogP contribution in [0.5, 0.6) is 0 Å². The SMILES string of the molecule is CC1(CNC(=O)c2csc(N)n2)CCN(C(=O)C2CCCCO2)CC1. The average molecular weight is 366 g/mol. The zero-order chi connectivity index (χ0) is 17.9. The lowest BCUT2D eigenvalue weighted by Gasteiger charge is -2.40. The Morgan fingerprint density at radius 3 is 2.80 bits per heavy atom. The summed E-state index contributed by atoms with van der Waals surface area (Å²) >= 11 is 1.26. The number of carbonyl (C=O) groups is 2. The molecule has 7 nitrogen and oxygen atoms in total. The Hall–Kier alpha value is -1.67. The largest absolute Gasteiger partial charge is 0.375 e. The maximum absolute atomic E-state index is 12.5. The van der Waals surface area contributed by atoms with Crippen LogP contribution in [-0.2, 0) is 9.53 Å². The predicted octanol–water partition coefficient (Wildman–Crippen LogP) is 1.65. The Balaban J connectivity index is 1.47. The van der Waals surface area contributed by atoms with Crippen molar-refractivity contribution >= 4 is 28.3 Å². The molecule has 138 valence electrons. The van der Waals surface area contributed by atoms with Crippen LogP contribution in [0.25, 0.3) is 0 Å². The number of aromatic nitrogens is 1. The number of nitrogen functional groups attached to an aromatic ring is 1. The number of carbonyl (C=O) groups excluding carboxylic acids is 2. The maximum Gasteiger partial charge on any atom is 0.270 e. The molecular formula is C17H26N4O3S. The fourth-order valence-corrected chi connectivity index (χ4v) is 3.90. The molecule has 0 radical (unpaired) electrons. The van der Waals surface area contributed by atoms with Gasteiger partial charge in [0.1, 0.15) is 11.8 Å². The highest BCUT2D eigenvalue weighted by atomic mass is 32.1. The molecule has 2 aliphatic heterocycles. The molecule has 3 rings (SSSR count). The number of thiazole rings is 1. The topological polar surface area (TPSA) is 97.5 Å². The molecule has 2 fully saturated rings. The number of piperidine rings is 1. The second-order valence-electron chi connectivity index (χ2n) is 7.24. The van der Waals surface area contributed by atoms with E-state index >= 15 is 0 Å². The summed E-state index contributed by atoms with van der Waals surface area (Å²) in [6, 6.07) is 0. The molecular weight excluding hydrogens is 340 g/mol. The third kappa shape index (κ3) is 4.49. The summed E-state index contributed by atoms with van der Waals surface area (Å²) in [5.74, 6) is -0.0629. The zero-order valence-corrected chi connectivity index (χ0v) is 15.4. The van der Waals surface area contributed by atoms with E-state index in [-0.39, 0.29) is 23.3 Å². The maximum atomic E-state index is 12.5. The summed E-state index contributed by atoms with van der Waals surface area (Å²) in [5, 5.41) is 5.01. The molecule has 0 aliphatic carbocycles. The number of nitrogens with two attached hydrogens (primary N) is 1. The Kier molecular flexibility index (Phi) is 5.58. The van der Waals surface area contributed by atoms with Crippen molar-refractivity contribution in [3.8, 4) is 0 Å². The van der Waals surface area contributed by atoms with Gasteiger partial charge in [-0.3, -0.25) is 9.59 Å². The lowest BCUT2D eigenvalue weighted by molar-refractivity contribution is -0.148. The van der Waals surface area contributed by atoms with E-state index in [1.807, 2.05) is 4.90 Å². The van der Waals surface area contributed by atoms with Gasteiger partial charge in [-0.25, -0.2) is 4.98 Å². The van der Waals surface area contributed by atoms with E-state index in [9.17, 15) is 9.59 Å². The first-order chi connectivity index (χ1) is 12.0. The lowest BCUT2D eigenvalue weighted by atomic mass is 9.80. The molecule has 0 aromatic carbocycles. The molecule has 2 aliphatic rings. The van der Waals surface area contributed by atoms with Gasteiger partial charge < -0.3 is 20.7 Å². The fraction of sp³-hybridized carbons (Fsp3) is 0.706. The number of hydrogen-bond acceptors (Lipinski definition) is 6. The number of likely N-dealkylation sites (tertiary alicyclic amines) is 1. The van der Waals surface area contributed by atoms with Gasteiger partial charge in [-0.15, -0.1) is 11.3 Å². The van der Waals surface area contributed by atoms with E-state index in [2.05, 4.69) is 17.2 Å². The minimum atomic E-state index is -0.257. The standard InChI is InChI=1S/C17H26N4O3S/c1-17(11-19-14(22)12-10-25-16(18)20-12)5-7-21(8-6-17)15(23)13-4-2-3-9-24-13/h10,13H,2-9,11H2,1H3,(H2,18,20)(H,19,22). The first-order valence-electron chi connectivity index (χ1n) is 8.86. The molecule has 0 saturated carbocycles. The Morgan fingerprint density at radius 2 is 2.20 bits per heavy atom. The van der Waals surface area contributed by atoms with E-state index in [0.717, 1.165) is 32.1 Å². The minimum absolute atomic E-state index is 0.0125. The van der Waals surface area contributed by atoms with Crippen molar-refractivity contribution < 1.29 is 14.3 Å². The summed E-state index contributed by atoms with van der Waals surface area (Å²) in [6.07, 6.45) is 4.42. The van der Waals surface area contributed by atoms with Gasteiger partial charge in [0, 0.05) is 31.6 Å². The van der Waals surface area contributed by atoms with Crippen molar-refractivity contribution in [3.63, 3.8) is 0 Å². The van der Waals surface area contributed by atoms with Crippen LogP contribution in [-0.4, -0.2) is 54.0 Å². The number of hydrogen-bond donors (Lipinski definition) is 2. The third-order valence-corrected chi connectivity index (χ3v) is 5.84. The normalized spacial score (nSPS) is 23.2. The molecule has 0 bridgehead atoms. The van der Waals surface area contributed by atoms with Crippen LogP contribution < -0.4 is 11.1 Å².